The fraction of sp³-hybridized carbons (Fsp3) is 0.480. The van der Waals surface area contributed by atoms with Crippen molar-refractivity contribution in [3.8, 4) is 5.75 Å². The third kappa shape index (κ3) is 5.56. The Morgan fingerprint density at radius 2 is 1.94 bits per heavy atom. The molecule has 0 N–H and O–H groups in total. The lowest BCUT2D eigenvalue weighted by atomic mass is 10.1. The van der Waals surface area contributed by atoms with Crippen molar-refractivity contribution < 1.29 is 15.3 Å². The Hall–Kier alpha value is -2.60. The van der Waals surface area contributed by atoms with E-state index in [9.17, 15) is 9.18 Å². The van der Waals surface area contributed by atoms with E-state index in [-0.39, 0.29) is 13.2 Å². The minimum Gasteiger partial charge on any atom is -0.494 e. The van der Waals surface area contributed by atoms with Crippen LogP contribution in [0.25, 0.3) is 0 Å². The van der Waals surface area contributed by atoms with Crippen LogP contribution in [0.1, 0.15) is 44.9 Å². The molecule has 0 aromatic heterocycles. The SMILES string of the molecule is CCCCOc1ccc(C(=O)N(CC)c2ccc(N3CCC(N(C)C)C3)c(F)c2)cc1.[HH]. The highest BCUT2D eigenvalue weighted by molar-refractivity contribution is 6.06. The third-order valence-corrected chi connectivity index (χ3v) is 5.91. The molecule has 1 saturated heterocycles. The van der Waals surface area contributed by atoms with Gasteiger partial charge in [-0.25, -0.2) is 4.39 Å². The Bertz CT molecular complexity index is 876. The van der Waals surface area contributed by atoms with Crippen molar-refractivity contribution in [3.63, 3.8) is 0 Å². The first-order valence-corrected chi connectivity index (χ1v) is 11.2. The number of anilines is 2. The predicted molar refractivity (Wildman–Crippen MR) is 127 cm³/mol. The molecule has 1 heterocycles. The Morgan fingerprint density at radius 1 is 1.19 bits per heavy atom. The number of hydrogen-bond acceptors (Lipinski definition) is 4. The van der Waals surface area contributed by atoms with Crippen LogP contribution in [0.3, 0.4) is 0 Å². The van der Waals surface area contributed by atoms with Crippen molar-refractivity contribution in [3.05, 3.63) is 53.8 Å². The molecule has 1 aliphatic rings. The summed E-state index contributed by atoms with van der Waals surface area (Å²) in [6.45, 7) is 6.79. The number of carbonyl (C=O) groups excluding carboxylic acids is 1. The van der Waals surface area contributed by atoms with E-state index in [0.29, 0.717) is 36.1 Å². The lowest BCUT2D eigenvalue weighted by molar-refractivity contribution is 0.0988. The quantitative estimate of drug-likeness (QED) is 0.522. The predicted octanol–water partition coefficient (Wildman–Crippen LogP) is 5.06. The van der Waals surface area contributed by atoms with Crippen LogP contribution < -0.4 is 14.5 Å². The third-order valence-electron chi connectivity index (χ3n) is 5.91. The van der Waals surface area contributed by atoms with Crippen LogP contribution in [0.2, 0.25) is 0 Å². The van der Waals surface area contributed by atoms with Gasteiger partial charge in [0, 0.05) is 38.4 Å². The van der Waals surface area contributed by atoms with Gasteiger partial charge in [-0.05, 0) is 76.3 Å². The molecule has 0 spiro atoms. The van der Waals surface area contributed by atoms with Gasteiger partial charge in [0.25, 0.3) is 5.91 Å². The van der Waals surface area contributed by atoms with E-state index < -0.39 is 0 Å². The molecule has 6 heteroatoms. The Morgan fingerprint density at radius 3 is 2.52 bits per heavy atom. The van der Waals surface area contributed by atoms with E-state index in [2.05, 4.69) is 30.8 Å². The normalized spacial score (nSPS) is 16.1. The summed E-state index contributed by atoms with van der Waals surface area (Å²) >= 11 is 0. The van der Waals surface area contributed by atoms with Crippen molar-refractivity contribution in [2.45, 2.75) is 39.2 Å². The number of carbonyl (C=O) groups is 1. The van der Waals surface area contributed by atoms with Crippen molar-refractivity contribution in [2.75, 3.05) is 50.1 Å². The standard InChI is InChI=1S/C25H34FN3O2.H2/c1-5-7-16-31-22-11-8-19(9-12-22)25(30)29(6-2)20-10-13-24(23(26)17-20)28-15-14-21(18-28)27(3)4;/h8-13,17,21H,5-7,14-16,18H2,1-4H3;1H. The maximum Gasteiger partial charge on any atom is 0.258 e. The van der Waals surface area contributed by atoms with E-state index in [1.165, 1.54) is 6.07 Å². The summed E-state index contributed by atoms with van der Waals surface area (Å²) in [5, 5.41) is 0. The van der Waals surface area contributed by atoms with Gasteiger partial charge in [-0.3, -0.25) is 4.79 Å². The van der Waals surface area contributed by atoms with Crippen LogP contribution in [-0.2, 0) is 0 Å². The topological polar surface area (TPSA) is 36.0 Å². The molecule has 2 aromatic rings. The molecule has 1 amide bonds. The minimum atomic E-state index is -0.289. The van der Waals surface area contributed by atoms with Gasteiger partial charge in [0.1, 0.15) is 11.6 Å². The Labute approximate surface area is 186 Å². The van der Waals surface area contributed by atoms with E-state index in [1.807, 2.05) is 25.1 Å². The van der Waals surface area contributed by atoms with Crippen LogP contribution in [0.15, 0.2) is 42.5 Å². The zero-order valence-electron chi connectivity index (χ0n) is 19.1. The van der Waals surface area contributed by atoms with E-state index in [1.54, 1.807) is 23.1 Å². The van der Waals surface area contributed by atoms with Gasteiger partial charge in [-0.1, -0.05) is 13.3 Å². The van der Waals surface area contributed by atoms with E-state index in [4.69, 9.17) is 4.74 Å². The summed E-state index contributed by atoms with van der Waals surface area (Å²) in [5.74, 6) is 0.316. The minimum absolute atomic E-state index is 0. The van der Waals surface area contributed by atoms with E-state index >= 15 is 0 Å². The van der Waals surface area contributed by atoms with Gasteiger partial charge < -0.3 is 19.4 Å². The average molecular weight is 430 g/mol. The summed E-state index contributed by atoms with van der Waals surface area (Å²) in [6.07, 6.45) is 3.09. The molecule has 1 fully saturated rings. The van der Waals surface area contributed by atoms with Crippen LogP contribution in [0.4, 0.5) is 15.8 Å². The maximum atomic E-state index is 15.0. The zero-order chi connectivity index (χ0) is 22.4. The monoisotopic (exact) mass is 429 g/mol. The van der Waals surface area contributed by atoms with Gasteiger partial charge in [-0.15, -0.1) is 0 Å². The maximum absolute atomic E-state index is 15.0. The van der Waals surface area contributed by atoms with Crippen LogP contribution in [-0.4, -0.2) is 57.2 Å². The summed E-state index contributed by atoms with van der Waals surface area (Å²) in [7, 11) is 4.12. The molecule has 3 rings (SSSR count). The lowest BCUT2D eigenvalue weighted by Crippen LogP contribution is -2.32. The fourth-order valence-electron chi connectivity index (χ4n) is 3.93. The molecule has 1 unspecified atom stereocenters. The number of unbranched alkanes of at least 4 members (excludes halogenated alkanes) is 1. The second-order valence-corrected chi connectivity index (χ2v) is 8.26. The molecular weight excluding hydrogens is 393 g/mol. The van der Waals surface area contributed by atoms with Crippen molar-refractivity contribution in [1.82, 2.24) is 4.90 Å². The fourth-order valence-corrected chi connectivity index (χ4v) is 3.93. The highest BCUT2D eigenvalue weighted by Crippen LogP contribution is 2.29. The summed E-state index contributed by atoms with van der Waals surface area (Å²) < 4.78 is 20.7. The number of amides is 1. The first kappa shape index (κ1) is 23.1. The number of nitrogens with zero attached hydrogens (tertiary/aromatic N) is 3. The largest absolute Gasteiger partial charge is 0.494 e. The first-order chi connectivity index (χ1) is 14.9. The number of hydrogen-bond donors (Lipinski definition) is 0. The Balaban J connectivity index is 0.00000363. The summed E-state index contributed by atoms with van der Waals surface area (Å²) in [6, 6.07) is 12.7. The number of likely N-dealkylation sites (N-methyl/N-ethyl adjacent to an activating group) is 1. The molecule has 0 radical (unpaired) electrons. The molecule has 170 valence electrons. The zero-order valence-corrected chi connectivity index (χ0v) is 19.1. The van der Waals surface area contributed by atoms with Gasteiger partial charge in [0.15, 0.2) is 0 Å². The highest BCUT2D eigenvalue weighted by Gasteiger charge is 2.26. The van der Waals surface area contributed by atoms with Crippen LogP contribution in [0, 0.1) is 5.82 Å². The molecule has 0 aliphatic carbocycles. The number of ether oxygens (including phenoxy) is 1. The highest BCUT2D eigenvalue weighted by atomic mass is 19.1. The van der Waals surface area contributed by atoms with Crippen LogP contribution in [0.5, 0.6) is 5.75 Å². The molecule has 0 saturated carbocycles. The second-order valence-electron chi connectivity index (χ2n) is 8.26. The first-order valence-electron chi connectivity index (χ1n) is 11.2. The number of rotatable bonds is 9. The van der Waals surface area contributed by atoms with Crippen LogP contribution >= 0.6 is 0 Å². The van der Waals surface area contributed by atoms with Gasteiger partial charge >= 0.3 is 0 Å². The second kappa shape index (κ2) is 10.6. The molecule has 2 aromatic carbocycles. The van der Waals surface area contributed by atoms with Crippen molar-refractivity contribution in [1.29, 1.82) is 0 Å². The number of benzene rings is 2. The van der Waals surface area contributed by atoms with Gasteiger partial charge in [-0.2, -0.15) is 0 Å². The molecule has 1 atom stereocenters. The molecule has 0 bridgehead atoms. The Kier molecular flexibility index (Phi) is 7.91. The average Bonchev–Trinajstić information content (AvgIpc) is 3.25. The summed E-state index contributed by atoms with van der Waals surface area (Å²) in [5.41, 5.74) is 1.73. The lowest BCUT2D eigenvalue weighted by Gasteiger charge is -2.25. The van der Waals surface area contributed by atoms with Gasteiger partial charge in [0.05, 0.1) is 12.3 Å². The molecule has 5 nitrogen and oxygen atoms in total. The van der Waals surface area contributed by atoms with Crippen molar-refractivity contribution >= 4 is 17.3 Å². The molecule has 1 aliphatic heterocycles. The number of halogens is 1. The smallest absolute Gasteiger partial charge is 0.258 e. The molecular formula is C25H36FN3O2. The van der Waals surface area contributed by atoms with E-state index in [0.717, 1.165) is 38.1 Å². The molecule has 31 heavy (non-hydrogen) atoms. The summed E-state index contributed by atoms with van der Waals surface area (Å²) in [4.78, 5) is 18.9. The van der Waals surface area contributed by atoms with Gasteiger partial charge in [0.2, 0.25) is 0 Å². The van der Waals surface area contributed by atoms with Crippen molar-refractivity contribution in [2.24, 2.45) is 0 Å².